The van der Waals surface area contributed by atoms with Crippen LogP contribution in [0.1, 0.15) is 22.3 Å². The van der Waals surface area contributed by atoms with Gasteiger partial charge in [-0.05, 0) is 54.9 Å². The predicted molar refractivity (Wildman–Crippen MR) is 117 cm³/mol. The van der Waals surface area contributed by atoms with E-state index in [1.54, 1.807) is 6.21 Å². The van der Waals surface area contributed by atoms with Crippen molar-refractivity contribution in [1.82, 2.24) is 10.3 Å². The minimum atomic E-state index is 0.170. The van der Waals surface area contributed by atoms with Gasteiger partial charge in [-0.2, -0.15) is 5.10 Å². The lowest BCUT2D eigenvalue weighted by Crippen LogP contribution is -2.46. The second-order valence-electron chi connectivity index (χ2n) is 7.03. The van der Waals surface area contributed by atoms with Crippen LogP contribution in [0.4, 0.5) is 5.69 Å². The Labute approximate surface area is 166 Å². The van der Waals surface area contributed by atoms with E-state index in [0.29, 0.717) is 0 Å². The molecule has 2 aromatic rings. The van der Waals surface area contributed by atoms with Crippen LogP contribution in [0.2, 0.25) is 0 Å². The first-order valence-corrected chi connectivity index (χ1v) is 9.64. The molecule has 1 saturated heterocycles. The molecule has 1 aliphatic heterocycles. The van der Waals surface area contributed by atoms with Crippen LogP contribution in [0.5, 0.6) is 0 Å². The van der Waals surface area contributed by atoms with Gasteiger partial charge in [-0.1, -0.05) is 35.9 Å². The summed E-state index contributed by atoms with van der Waals surface area (Å²) in [6, 6.07) is 15.2. The quantitative estimate of drug-likeness (QED) is 0.474. The van der Waals surface area contributed by atoms with E-state index in [0.717, 1.165) is 38.3 Å². The Balaban J connectivity index is 1.56. The molecular weight excluding hydrogens is 354 g/mol. The van der Waals surface area contributed by atoms with Gasteiger partial charge in [0.1, 0.15) is 0 Å². The summed E-state index contributed by atoms with van der Waals surface area (Å²) in [6.45, 7) is 9.55. The lowest BCUT2D eigenvalue weighted by molar-refractivity contribution is 0.250. The largest absolute Gasteiger partial charge is 0.375 e. The maximum atomic E-state index is 5.37. The van der Waals surface area contributed by atoms with Crippen molar-refractivity contribution in [3.05, 3.63) is 64.7 Å². The highest BCUT2D eigenvalue weighted by atomic mass is 32.1. The maximum Gasteiger partial charge on any atom is 0.184 e. The molecule has 1 heterocycles. The summed E-state index contributed by atoms with van der Waals surface area (Å²) >= 11 is 4.74. The zero-order valence-corrected chi connectivity index (χ0v) is 16.8. The molecule has 0 spiro atoms. The fourth-order valence-corrected chi connectivity index (χ4v) is 3.44. The third kappa shape index (κ3) is 5.52. The molecule has 3 N–H and O–H groups in total. The molecular formula is C21H27N5S. The number of hydrogen-bond acceptors (Lipinski definition) is 4. The molecule has 2 aromatic carbocycles. The van der Waals surface area contributed by atoms with E-state index >= 15 is 0 Å². The number of benzene rings is 2. The van der Waals surface area contributed by atoms with Crippen LogP contribution in [0, 0.1) is 13.8 Å². The molecule has 0 bridgehead atoms. The van der Waals surface area contributed by atoms with Crippen molar-refractivity contribution in [2.24, 2.45) is 10.8 Å². The van der Waals surface area contributed by atoms with Gasteiger partial charge in [0.05, 0.1) is 6.21 Å². The normalized spacial score (nSPS) is 15.3. The number of anilines is 1. The molecule has 1 fully saturated rings. The summed E-state index contributed by atoms with van der Waals surface area (Å²) in [5.41, 5.74) is 14.2. The van der Waals surface area contributed by atoms with Crippen molar-refractivity contribution in [3.63, 3.8) is 0 Å². The van der Waals surface area contributed by atoms with Crippen LogP contribution < -0.4 is 16.1 Å². The number of hydrogen-bond donors (Lipinski definition) is 2. The fourth-order valence-electron chi connectivity index (χ4n) is 3.38. The third-order valence-corrected chi connectivity index (χ3v) is 4.94. The van der Waals surface area contributed by atoms with Crippen molar-refractivity contribution in [1.29, 1.82) is 0 Å². The fraction of sp³-hybridized carbons (Fsp3) is 0.333. The molecule has 5 nitrogen and oxygen atoms in total. The molecule has 0 saturated carbocycles. The van der Waals surface area contributed by atoms with Gasteiger partial charge in [0.15, 0.2) is 5.11 Å². The summed E-state index contributed by atoms with van der Waals surface area (Å²) in [6.07, 6.45) is 1.73. The number of rotatable bonds is 5. The van der Waals surface area contributed by atoms with Crippen LogP contribution in [0.3, 0.4) is 0 Å². The van der Waals surface area contributed by atoms with E-state index in [9.17, 15) is 0 Å². The highest BCUT2D eigenvalue weighted by Gasteiger charge is 2.18. The zero-order chi connectivity index (χ0) is 19.2. The number of nitrogens with two attached hydrogens (primary N) is 1. The molecule has 0 aliphatic carbocycles. The van der Waals surface area contributed by atoms with Crippen LogP contribution >= 0.6 is 12.2 Å². The highest BCUT2D eigenvalue weighted by Crippen LogP contribution is 2.22. The summed E-state index contributed by atoms with van der Waals surface area (Å²) in [4.78, 5) is 4.99. The third-order valence-electron chi connectivity index (χ3n) is 4.85. The number of hydrazone groups is 1. The standard InChI is InChI=1S/C21H27N5S/c1-16-3-5-18(6-4-16)15-25-9-11-26(12-10-25)20-8-7-19(13-17(20)2)14-23-24-21(22)27/h3-8,13-14H,9-12,15H2,1-2H3,(H3,22,24,27)/b23-14+. The summed E-state index contributed by atoms with van der Waals surface area (Å²) in [7, 11) is 0. The molecule has 0 atom stereocenters. The molecule has 142 valence electrons. The Bertz CT molecular complexity index is 808. The number of thiocarbonyl (C=S) groups is 1. The Morgan fingerprint density at radius 3 is 2.44 bits per heavy atom. The van der Waals surface area contributed by atoms with E-state index in [4.69, 9.17) is 18.0 Å². The van der Waals surface area contributed by atoms with Crippen molar-refractivity contribution in [3.8, 4) is 0 Å². The van der Waals surface area contributed by atoms with Gasteiger partial charge >= 0.3 is 0 Å². The first-order valence-electron chi connectivity index (χ1n) is 9.23. The molecule has 1 aliphatic rings. The molecule has 0 aromatic heterocycles. The minimum Gasteiger partial charge on any atom is -0.375 e. The molecule has 0 radical (unpaired) electrons. The molecule has 3 rings (SSSR count). The predicted octanol–water partition coefficient (Wildman–Crippen LogP) is 2.79. The monoisotopic (exact) mass is 381 g/mol. The van der Waals surface area contributed by atoms with Gasteiger partial charge < -0.3 is 10.6 Å². The first kappa shape index (κ1) is 19.3. The SMILES string of the molecule is Cc1ccc(CN2CCN(c3ccc(/C=N/NC(N)=S)cc3C)CC2)cc1. The number of nitrogens with one attached hydrogen (secondary N) is 1. The lowest BCUT2D eigenvalue weighted by Gasteiger charge is -2.37. The van der Waals surface area contributed by atoms with Crippen LogP contribution in [0.15, 0.2) is 47.6 Å². The van der Waals surface area contributed by atoms with Gasteiger partial charge in [-0.3, -0.25) is 10.3 Å². The zero-order valence-electron chi connectivity index (χ0n) is 16.0. The molecule has 0 amide bonds. The van der Waals surface area contributed by atoms with E-state index in [1.165, 1.54) is 22.4 Å². The van der Waals surface area contributed by atoms with Crippen molar-refractivity contribution < 1.29 is 0 Å². The molecule has 27 heavy (non-hydrogen) atoms. The van der Waals surface area contributed by atoms with Gasteiger partial charge in [0.2, 0.25) is 0 Å². The van der Waals surface area contributed by atoms with E-state index in [-0.39, 0.29) is 5.11 Å². The van der Waals surface area contributed by atoms with Crippen molar-refractivity contribution in [2.45, 2.75) is 20.4 Å². The average Bonchev–Trinajstić information content (AvgIpc) is 2.64. The second kappa shape index (κ2) is 8.97. The van der Waals surface area contributed by atoms with Gasteiger partial charge in [-0.25, -0.2) is 0 Å². The van der Waals surface area contributed by atoms with Crippen molar-refractivity contribution in [2.75, 3.05) is 31.1 Å². The summed E-state index contributed by atoms with van der Waals surface area (Å²) in [5, 5.41) is 4.19. The number of piperazine rings is 1. The number of nitrogens with zero attached hydrogens (tertiary/aromatic N) is 3. The second-order valence-corrected chi connectivity index (χ2v) is 7.47. The van der Waals surface area contributed by atoms with E-state index < -0.39 is 0 Å². The Morgan fingerprint density at radius 1 is 1.11 bits per heavy atom. The van der Waals surface area contributed by atoms with Gasteiger partial charge in [0, 0.05) is 38.4 Å². The smallest absolute Gasteiger partial charge is 0.184 e. The molecule has 0 unspecified atom stereocenters. The van der Waals surface area contributed by atoms with Crippen LogP contribution in [-0.4, -0.2) is 42.4 Å². The maximum absolute atomic E-state index is 5.37. The Morgan fingerprint density at radius 2 is 1.81 bits per heavy atom. The molecule has 6 heteroatoms. The van der Waals surface area contributed by atoms with E-state index in [2.05, 4.69) is 76.6 Å². The average molecular weight is 382 g/mol. The Kier molecular flexibility index (Phi) is 6.42. The van der Waals surface area contributed by atoms with Crippen LogP contribution in [0.25, 0.3) is 0 Å². The summed E-state index contributed by atoms with van der Waals surface area (Å²) in [5.74, 6) is 0. The highest BCUT2D eigenvalue weighted by molar-refractivity contribution is 7.80. The first-order chi connectivity index (χ1) is 13.0. The van der Waals surface area contributed by atoms with Gasteiger partial charge in [0.25, 0.3) is 0 Å². The van der Waals surface area contributed by atoms with Gasteiger partial charge in [-0.15, -0.1) is 0 Å². The Hall–Kier alpha value is -2.44. The lowest BCUT2D eigenvalue weighted by atomic mass is 10.1. The van der Waals surface area contributed by atoms with Crippen LogP contribution in [-0.2, 0) is 6.54 Å². The topological polar surface area (TPSA) is 56.9 Å². The minimum absolute atomic E-state index is 0.170. The van der Waals surface area contributed by atoms with Crippen molar-refractivity contribution >= 4 is 29.2 Å². The summed E-state index contributed by atoms with van der Waals surface area (Å²) < 4.78 is 0. The number of aryl methyl sites for hydroxylation is 2. The van der Waals surface area contributed by atoms with E-state index in [1.807, 2.05) is 0 Å².